The highest BCUT2D eigenvalue weighted by Crippen LogP contribution is 2.48. The number of carbonyl (C=O) groups excluding carboxylic acids is 1. The molecule has 0 bridgehead atoms. The number of benzene rings is 1. The van der Waals surface area contributed by atoms with Gasteiger partial charge >= 0.3 is 5.97 Å². The standard InChI is InChI=1S/C12H9NO5/c1-6-9(11(15)16)12(17)8-5-3-2-4-7(8)10(14)13(12)18-6/h2-5,17H,1H3,(H,15,16). The maximum Gasteiger partial charge on any atom is 0.340 e. The smallest absolute Gasteiger partial charge is 0.340 e. The van der Waals surface area contributed by atoms with Crippen molar-refractivity contribution >= 4 is 11.9 Å². The van der Waals surface area contributed by atoms with Crippen LogP contribution < -0.4 is 0 Å². The number of aliphatic carboxylic acids is 1. The molecule has 0 spiro atoms. The summed E-state index contributed by atoms with van der Waals surface area (Å²) in [7, 11) is 0. The molecular weight excluding hydrogens is 238 g/mol. The predicted octanol–water partition coefficient (Wildman–Crippen LogP) is 0.591. The van der Waals surface area contributed by atoms with Crippen molar-refractivity contribution in [3.8, 4) is 0 Å². The summed E-state index contributed by atoms with van der Waals surface area (Å²) in [6, 6.07) is 6.30. The van der Waals surface area contributed by atoms with Crippen LogP contribution in [-0.2, 0) is 15.4 Å². The minimum atomic E-state index is -2.04. The lowest BCUT2D eigenvalue weighted by molar-refractivity contribution is -0.192. The summed E-state index contributed by atoms with van der Waals surface area (Å²) in [5.74, 6) is -1.86. The van der Waals surface area contributed by atoms with Gasteiger partial charge in [0, 0.05) is 5.56 Å². The van der Waals surface area contributed by atoms with Crippen LogP contribution in [0.2, 0.25) is 0 Å². The zero-order valence-corrected chi connectivity index (χ0v) is 9.38. The van der Waals surface area contributed by atoms with E-state index < -0.39 is 17.6 Å². The van der Waals surface area contributed by atoms with Gasteiger partial charge in [-0.2, -0.15) is 0 Å². The fourth-order valence-corrected chi connectivity index (χ4v) is 2.41. The lowest BCUT2D eigenvalue weighted by Crippen LogP contribution is -2.41. The van der Waals surface area contributed by atoms with Gasteiger partial charge in [0.05, 0.1) is 5.56 Å². The molecular formula is C12H9NO5. The van der Waals surface area contributed by atoms with Gasteiger partial charge in [0.2, 0.25) is 5.72 Å². The molecule has 3 rings (SSSR count). The molecule has 1 aromatic carbocycles. The number of amides is 1. The van der Waals surface area contributed by atoms with Crippen molar-refractivity contribution < 1.29 is 24.6 Å². The van der Waals surface area contributed by atoms with E-state index in [0.29, 0.717) is 5.06 Å². The maximum absolute atomic E-state index is 12.0. The third kappa shape index (κ3) is 1.01. The number of nitrogens with zero attached hydrogens (tertiary/aromatic N) is 1. The number of carboxylic acid groups (broad SMARTS) is 1. The summed E-state index contributed by atoms with van der Waals surface area (Å²) < 4.78 is 0. The largest absolute Gasteiger partial charge is 0.478 e. The number of hydrogen-bond acceptors (Lipinski definition) is 4. The van der Waals surface area contributed by atoms with Crippen molar-refractivity contribution in [1.29, 1.82) is 0 Å². The van der Waals surface area contributed by atoms with Crippen LogP contribution in [0, 0.1) is 0 Å². The quantitative estimate of drug-likeness (QED) is 0.758. The molecule has 2 N–H and O–H groups in total. The fraction of sp³-hybridized carbons (Fsp3) is 0.167. The summed E-state index contributed by atoms with van der Waals surface area (Å²) in [4.78, 5) is 28.3. The van der Waals surface area contributed by atoms with Crippen molar-refractivity contribution in [3.05, 3.63) is 46.7 Å². The van der Waals surface area contributed by atoms with E-state index >= 15 is 0 Å². The van der Waals surface area contributed by atoms with E-state index in [1.54, 1.807) is 12.1 Å². The molecule has 1 amide bonds. The van der Waals surface area contributed by atoms with Gasteiger partial charge in [-0.05, 0) is 13.0 Å². The van der Waals surface area contributed by atoms with Gasteiger partial charge in [0.15, 0.2) is 0 Å². The maximum atomic E-state index is 12.0. The zero-order chi connectivity index (χ0) is 13.1. The molecule has 1 unspecified atom stereocenters. The molecule has 1 atom stereocenters. The summed E-state index contributed by atoms with van der Waals surface area (Å²) >= 11 is 0. The van der Waals surface area contributed by atoms with Crippen LogP contribution in [0.1, 0.15) is 22.8 Å². The highest BCUT2D eigenvalue weighted by Gasteiger charge is 2.60. The van der Waals surface area contributed by atoms with E-state index in [-0.39, 0.29) is 22.5 Å². The van der Waals surface area contributed by atoms with Crippen LogP contribution in [0.25, 0.3) is 0 Å². The number of carbonyl (C=O) groups is 2. The van der Waals surface area contributed by atoms with Crippen molar-refractivity contribution in [2.45, 2.75) is 12.6 Å². The normalized spacial score (nSPS) is 25.0. The first-order chi connectivity index (χ1) is 8.48. The molecule has 2 aliphatic heterocycles. The lowest BCUT2D eigenvalue weighted by atomic mass is 9.94. The highest BCUT2D eigenvalue weighted by molar-refractivity contribution is 6.03. The van der Waals surface area contributed by atoms with Crippen LogP contribution in [-0.4, -0.2) is 27.2 Å². The minimum absolute atomic E-state index is 0.00727. The molecule has 0 saturated heterocycles. The van der Waals surface area contributed by atoms with Crippen LogP contribution >= 0.6 is 0 Å². The van der Waals surface area contributed by atoms with E-state index in [4.69, 9.17) is 4.84 Å². The highest BCUT2D eigenvalue weighted by atomic mass is 16.7. The van der Waals surface area contributed by atoms with Crippen LogP contribution in [0.5, 0.6) is 0 Å². The van der Waals surface area contributed by atoms with Crippen LogP contribution in [0.4, 0.5) is 0 Å². The zero-order valence-electron chi connectivity index (χ0n) is 9.38. The number of hydroxylamine groups is 2. The molecule has 6 nitrogen and oxygen atoms in total. The van der Waals surface area contributed by atoms with E-state index in [1.165, 1.54) is 19.1 Å². The molecule has 0 saturated carbocycles. The van der Waals surface area contributed by atoms with Crippen LogP contribution in [0.3, 0.4) is 0 Å². The monoisotopic (exact) mass is 247 g/mol. The topological polar surface area (TPSA) is 87.1 Å². The Hall–Kier alpha value is -2.34. The van der Waals surface area contributed by atoms with Gasteiger partial charge in [0.25, 0.3) is 5.91 Å². The Labute approximate surface area is 102 Å². The molecule has 0 fully saturated rings. The summed E-state index contributed by atoms with van der Waals surface area (Å²) in [5.41, 5.74) is -1.90. The summed E-state index contributed by atoms with van der Waals surface area (Å²) in [6.45, 7) is 1.40. The Bertz CT molecular complexity index is 621. The van der Waals surface area contributed by atoms with Gasteiger partial charge in [-0.15, -0.1) is 5.06 Å². The molecule has 6 heteroatoms. The van der Waals surface area contributed by atoms with Crippen molar-refractivity contribution in [3.63, 3.8) is 0 Å². The fourth-order valence-electron chi connectivity index (χ4n) is 2.41. The first kappa shape index (κ1) is 10.8. The lowest BCUT2D eigenvalue weighted by Gasteiger charge is -2.25. The number of rotatable bonds is 1. The average molecular weight is 247 g/mol. The van der Waals surface area contributed by atoms with E-state index in [2.05, 4.69) is 0 Å². The SMILES string of the molecule is CC1=C(C(=O)O)C2(O)c3ccccc3C(=O)N2O1. The first-order valence-electron chi connectivity index (χ1n) is 5.27. The molecule has 92 valence electrons. The average Bonchev–Trinajstić information content (AvgIpc) is 2.70. The van der Waals surface area contributed by atoms with Gasteiger partial charge in [-0.25, -0.2) is 4.79 Å². The number of allylic oxidation sites excluding steroid dienone is 1. The first-order valence-corrected chi connectivity index (χ1v) is 5.27. The molecule has 1 aromatic rings. The van der Waals surface area contributed by atoms with Gasteiger partial charge in [-0.1, -0.05) is 18.2 Å². The van der Waals surface area contributed by atoms with E-state index in [0.717, 1.165) is 0 Å². The number of aliphatic hydroxyl groups is 1. The molecule has 18 heavy (non-hydrogen) atoms. The Kier molecular flexibility index (Phi) is 1.86. The number of carboxylic acids is 1. The van der Waals surface area contributed by atoms with Crippen molar-refractivity contribution in [1.82, 2.24) is 5.06 Å². The predicted molar refractivity (Wildman–Crippen MR) is 57.9 cm³/mol. The Morgan fingerprint density at radius 3 is 2.72 bits per heavy atom. The Balaban J connectivity index is 2.31. The van der Waals surface area contributed by atoms with E-state index in [1.807, 2.05) is 0 Å². The third-order valence-corrected chi connectivity index (χ3v) is 3.15. The molecule has 0 aliphatic carbocycles. The number of hydrogen-bond donors (Lipinski definition) is 2. The van der Waals surface area contributed by atoms with Gasteiger partial charge in [-0.3, -0.25) is 4.79 Å². The Morgan fingerprint density at radius 2 is 2.06 bits per heavy atom. The molecule has 2 heterocycles. The second-order valence-corrected chi connectivity index (χ2v) is 4.14. The van der Waals surface area contributed by atoms with Crippen molar-refractivity contribution in [2.75, 3.05) is 0 Å². The molecule has 0 radical (unpaired) electrons. The van der Waals surface area contributed by atoms with Gasteiger partial charge in [0.1, 0.15) is 11.3 Å². The van der Waals surface area contributed by atoms with Crippen LogP contribution in [0.15, 0.2) is 35.6 Å². The second kappa shape index (κ2) is 3.11. The minimum Gasteiger partial charge on any atom is -0.478 e. The van der Waals surface area contributed by atoms with E-state index in [9.17, 15) is 19.8 Å². The molecule has 2 aliphatic rings. The Morgan fingerprint density at radius 1 is 1.39 bits per heavy atom. The molecule has 0 aromatic heterocycles. The van der Waals surface area contributed by atoms with Crippen molar-refractivity contribution in [2.24, 2.45) is 0 Å². The second-order valence-electron chi connectivity index (χ2n) is 4.14. The summed E-state index contributed by atoms with van der Waals surface area (Å²) in [6.07, 6.45) is 0. The summed E-state index contributed by atoms with van der Waals surface area (Å²) in [5, 5.41) is 20.5. The van der Waals surface area contributed by atoms with Gasteiger partial charge < -0.3 is 15.1 Å². The third-order valence-electron chi connectivity index (χ3n) is 3.15. The number of fused-ring (bicyclic) bond motifs is 3.